The fourth-order valence-electron chi connectivity index (χ4n) is 3.00. The number of phenols is 1. The molecule has 2 atom stereocenters. The van der Waals surface area contributed by atoms with Crippen LogP contribution in [-0.4, -0.2) is 17.7 Å². The van der Waals surface area contributed by atoms with Crippen LogP contribution in [0.15, 0.2) is 54.6 Å². The zero-order valence-corrected chi connectivity index (χ0v) is 10.9. The summed E-state index contributed by atoms with van der Waals surface area (Å²) in [6.07, 6.45) is 2.45. The number of nitrogens with one attached hydrogen (secondary N) is 1. The zero-order chi connectivity index (χ0) is 13.1. The Morgan fingerprint density at radius 2 is 1.63 bits per heavy atom. The first-order valence-corrected chi connectivity index (χ1v) is 6.92. The van der Waals surface area contributed by atoms with Crippen LogP contribution in [0.4, 0.5) is 0 Å². The average molecular weight is 253 g/mol. The Bertz CT molecular complexity index is 515. The molecule has 1 heterocycles. The third-order valence-corrected chi connectivity index (χ3v) is 3.91. The molecule has 2 aromatic carbocycles. The molecule has 2 nitrogen and oxygen atoms in total. The minimum atomic E-state index is 0.329. The molecule has 0 radical (unpaired) electrons. The number of phenolic OH excluding ortho intramolecular Hbond substituents is 1. The van der Waals surface area contributed by atoms with Gasteiger partial charge in [-0.05, 0) is 42.6 Å². The summed E-state index contributed by atoms with van der Waals surface area (Å²) in [5, 5.41) is 13.1. The quantitative estimate of drug-likeness (QED) is 0.880. The number of hydrogen-bond acceptors (Lipinski definition) is 2. The fourth-order valence-corrected chi connectivity index (χ4v) is 3.00. The van der Waals surface area contributed by atoms with E-state index in [0.29, 0.717) is 17.7 Å². The number of aromatic hydroxyl groups is 1. The Hall–Kier alpha value is -1.80. The highest BCUT2D eigenvalue weighted by Gasteiger charge is 2.27. The lowest BCUT2D eigenvalue weighted by Gasteiger charge is -2.25. The monoisotopic (exact) mass is 253 g/mol. The summed E-state index contributed by atoms with van der Waals surface area (Å²) < 4.78 is 0. The molecule has 2 N–H and O–H groups in total. The lowest BCUT2D eigenvalue weighted by Crippen LogP contribution is -2.29. The zero-order valence-electron chi connectivity index (χ0n) is 10.9. The molecular weight excluding hydrogens is 234 g/mol. The molecule has 0 saturated carbocycles. The van der Waals surface area contributed by atoms with E-state index >= 15 is 0 Å². The first-order valence-electron chi connectivity index (χ1n) is 6.92. The first kappa shape index (κ1) is 12.2. The van der Waals surface area contributed by atoms with E-state index in [-0.39, 0.29) is 0 Å². The SMILES string of the molecule is Oc1ccc([C@H](c2ccccc2)[C@@H]2CCCN2)cc1. The summed E-state index contributed by atoms with van der Waals surface area (Å²) in [5.41, 5.74) is 2.61. The van der Waals surface area contributed by atoms with Crippen LogP contribution in [0.2, 0.25) is 0 Å². The van der Waals surface area contributed by atoms with Gasteiger partial charge < -0.3 is 10.4 Å². The molecular formula is C17H19NO. The summed E-state index contributed by atoms with van der Waals surface area (Å²) in [6.45, 7) is 1.10. The van der Waals surface area contributed by atoms with Gasteiger partial charge in [0.15, 0.2) is 0 Å². The molecule has 0 aliphatic carbocycles. The predicted octanol–water partition coefficient (Wildman–Crippen LogP) is 3.28. The van der Waals surface area contributed by atoms with E-state index in [4.69, 9.17) is 0 Å². The van der Waals surface area contributed by atoms with Crippen LogP contribution < -0.4 is 5.32 Å². The van der Waals surface area contributed by atoms with Crippen LogP contribution in [0.3, 0.4) is 0 Å². The standard InChI is InChI=1S/C17H19NO/c19-15-10-8-14(9-11-15)17(16-7-4-12-18-16)13-5-2-1-3-6-13/h1-3,5-6,8-11,16-19H,4,7,12H2/t16-,17-/m0/s1. The van der Waals surface area contributed by atoms with Crippen molar-refractivity contribution in [1.82, 2.24) is 5.32 Å². The number of hydrogen-bond donors (Lipinski definition) is 2. The molecule has 1 aliphatic heterocycles. The molecule has 19 heavy (non-hydrogen) atoms. The van der Waals surface area contributed by atoms with Crippen LogP contribution in [0.5, 0.6) is 5.75 Å². The maximum absolute atomic E-state index is 9.46. The lowest BCUT2D eigenvalue weighted by molar-refractivity contribution is 0.474. The molecule has 2 aromatic rings. The molecule has 1 saturated heterocycles. The average Bonchev–Trinajstić information content (AvgIpc) is 2.96. The van der Waals surface area contributed by atoms with E-state index in [9.17, 15) is 5.11 Å². The molecule has 2 heteroatoms. The maximum Gasteiger partial charge on any atom is 0.115 e. The molecule has 1 fully saturated rings. The lowest BCUT2D eigenvalue weighted by atomic mass is 9.84. The van der Waals surface area contributed by atoms with Crippen molar-refractivity contribution in [1.29, 1.82) is 0 Å². The second-order valence-electron chi connectivity index (χ2n) is 5.18. The smallest absolute Gasteiger partial charge is 0.115 e. The van der Waals surface area contributed by atoms with E-state index in [2.05, 4.69) is 35.6 Å². The fraction of sp³-hybridized carbons (Fsp3) is 0.294. The van der Waals surface area contributed by atoms with E-state index in [1.165, 1.54) is 24.0 Å². The second kappa shape index (κ2) is 5.45. The van der Waals surface area contributed by atoms with Crippen molar-refractivity contribution in [2.24, 2.45) is 0 Å². The van der Waals surface area contributed by atoms with Gasteiger partial charge in [0.25, 0.3) is 0 Å². The van der Waals surface area contributed by atoms with Gasteiger partial charge in [-0.15, -0.1) is 0 Å². The van der Waals surface area contributed by atoms with Gasteiger partial charge >= 0.3 is 0 Å². The molecule has 0 bridgehead atoms. The van der Waals surface area contributed by atoms with Gasteiger partial charge in [-0.1, -0.05) is 42.5 Å². The van der Waals surface area contributed by atoms with Gasteiger partial charge in [0.2, 0.25) is 0 Å². The summed E-state index contributed by atoms with van der Waals surface area (Å²) >= 11 is 0. The largest absolute Gasteiger partial charge is 0.508 e. The Labute approximate surface area is 114 Å². The Balaban J connectivity index is 1.98. The van der Waals surface area contributed by atoms with Crippen LogP contribution >= 0.6 is 0 Å². The Morgan fingerprint density at radius 1 is 0.947 bits per heavy atom. The van der Waals surface area contributed by atoms with Gasteiger partial charge in [-0.2, -0.15) is 0 Å². The van der Waals surface area contributed by atoms with Crippen molar-refractivity contribution in [3.05, 3.63) is 65.7 Å². The topological polar surface area (TPSA) is 32.3 Å². The van der Waals surface area contributed by atoms with Crippen molar-refractivity contribution in [3.63, 3.8) is 0 Å². The van der Waals surface area contributed by atoms with Crippen LogP contribution in [-0.2, 0) is 0 Å². The second-order valence-corrected chi connectivity index (χ2v) is 5.18. The van der Waals surface area contributed by atoms with E-state index < -0.39 is 0 Å². The van der Waals surface area contributed by atoms with Gasteiger partial charge in [-0.3, -0.25) is 0 Å². The van der Waals surface area contributed by atoms with E-state index in [0.717, 1.165) is 6.54 Å². The molecule has 0 aromatic heterocycles. The molecule has 0 unspecified atom stereocenters. The van der Waals surface area contributed by atoms with Crippen molar-refractivity contribution >= 4 is 0 Å². The molecule has 3 rings (SSSR count). The van der Waals surface area contributed by atoms with E-state index in [1.807, 2.05) is 12.1 Å². The predicted molar refractivity (Wildman–Crippen MR) is 77.4 cm³/mol. The van der Waals surface area contributed by atoms with Crippen molar-refractivity contribution < 1.29 is 5.11 Å². The first-order chi connectivity index (χ1) is 9.34. The number of benzene rings is 2. The van der Waals surface area contributed by atoms with Crippen molar-refractivity contribution in [3.8, 4) is 5.75 Å². The van der Waals surface area contributed by atoms with Gasteiger partial charge in [0.1, 0.15) is 5.75 Å². The third kappa shape index (κ3) is 2.64. The van der Waals surface area contributed by atoms with Crippen LogP contribution in [0.25, 0.3) is 0 Å². The Morgan fingerprint density at radius 3 is 2.26 bits per heavy atom. The molecule has 0 amide bonds. The van der Waals surface area contributed by atoms with Gasteiger partial charge in [0.05, 0.1) is 0 Å². The van der Waals surface area contributed by atoms with Crippen molar-refractivity contribution in [2.75, 3.05) is 6.54 Å². The third-order valence-electron chi connectivity index (χ3n) is 3.91. The van der Waals surface area contributed by atoms with E-state index in [1.54, 1.807) is 12.1 Å². The minimum Gasteiger partial charge on any atom is -0.508 e. The summed E-state index contributed by atoms with van der Waals surface area (Å²) in [7, 11) is 0. The summed E-state index contributed by atoms with van der Waals surface area (Å²) in [4.78, 5) is 0. The summed E-state index contributed by atoms with van der Waals surface area (Å²) in [6, 6.07) is 18.7. The van der Waals surface area contributed by atoms with Crippen LogP contribution in [0.1, 0.15) is 29.9 Å². The van der Waals surface area contributed by atoms with Gasteiger partial charge in [-0.25, -0.2) is 0 Å². The highest BCUT2D eigenvalue weighted by atomic mass is 16.3. The van der Waals surface area contributed by atoms with Gasteiger partial charge in [0, 0.05) is 12.0 Å². The highest BCUT2D eigenvalue weighted by Crippen LogP contribution is 2.32. The summed E-state index contributed by atoms with van der Waals surface area (Å²) in [5.74, 6) is 0.694. The van der Waals surface area contributed by atoms with Crippen molar-refractivity contribution in [2.45, 2.75) is 24.8 Å². The molecule has 0 spiro atoms. The molecule has 98 valence electrons. The Kier molecular flexibility index (Phi) is 3.51. The number of rotatable bonds is 3. The maximum atomic E-state index is 9.46. The molecule has 1 aliphatic rings. The minimum absolute atomic E-state index is 0.329. The highest BCUT2D eigenvalue weighted by molar-refractivity contribution is 5.37. The normalized spacial score (nSPS) is 20.3. The van der Waals surface area contributed by atoms with Crippen LogP contribution in [0, 0.1) is 0 Å².